The van der Waals surface area contributed by atoms with Crippen LogP contribution in [0.5, 0.6) is 5.75 Å². The third-order valence-corrected chi connectivity index (χ3v) is 10.4. The fraction of sp³-hybridized carbons (Fsp3) is 0.459. The van der Waals surface area contributed by atoms with Gasteiger partial charge in [0.1, 0.15) is 22.9 Å². The maximum absolute atomic E-state index is 14.5. The Morgan fingerprint density at radius 3 is 2.50 bits per heavy atom. The average Bonchev–Trinajstić information content (AvgIpc) is 3.57. The van der Waals surface area contributed by atoms with Crippen LogP contribution in [0.1, 0.15) is 76.3 Å². The predicted octanol–water partition coefficient (Wildman–Crippen LogP) is 7.69. The van der Waals surface area contributed by atoms with Crippen LogP contribution in [-0.2, 0) is 6.54 Å². The van der Waals surface area contributed by atoms with Gasteiger partial charge in [0.15, 0.2) is 0 Å². The molecule has 2 saturated carbocycles. The molecule has 2 aliphatic heterocycles. The molecule has 4 aliphatic rings. The standard InChI is InChI=1S/C37H43FN4O2/c1-25(2)44-31-14-7-9-27(19-31)24-41-18-17-37(21-26(41)3)34(40-35(43)42(37)30-13-8-12-29(38)20-30)39-33-23-36(15-16-36)22-32(33)28-10-5-4-6-11-28/h4-14,19-20,25-26,32-33H,15-18,21-24H2,1-3H3,(H,39,40,43)/t26-,32+,33-,37+/m0/s1. The number of benzene rings is 3. The quantitative estimate of drug-likeness (QED) is 0.305. The number of urea groups is 1. The second kappa shape index (κ2) is 11.3. The monoisotopic (exact) mass is 594 g/mol. The van der Waals surface area contributed by atoms with E-state index in [-0.39, 0.29) is 30.0 Å². The maximum atomic E-state index is 14.5. The number of carbonyl (C=O) groups is 1. The van der Waals surface area contributed by atoms with Gasteiger partial charge in [0.2, 0.25) is 0 Å². The number of anilines is 1. The minimum absolute atomic E-state index is 0.120. The van der Waals surface area contributed by atoms with Gasteiger partial charge in [-0.15, -0.1) is 0 Å². The molecule has 0 aromatic heterocycles. The van der Waals surface area contributed by atoms with Gasteiger partial charge >= 0.3 is 6.03 Å². The molecular weight excluding hydrogens is 551 g/mol. The largest absolute Gasteiger partial charge is 0.491 e. The SMILES string of the molecule is CC(C)Oc1cccc(CN2CC[C@@]3(C[C@@H]2C)C(N[C@H]2CC4(CC4)C[C@@H]2c2ccccc2)=NC(=O)N3c2cccc(F)c2)c1. The first-order chi connectivity index (χ1) is 21.2. The third kappa shape index (κ3) is 5.51. The number of amidine groups is 1. The molecule has 0 unspecified atom stereocenters. The van der Waals surface area contributed by atoms with Gasteiger partial charge in [-0.2, -0.15) is 4.99 Å². The van der Waals surface area contributed by atoms with Gasteiger partial charge in [-0.1, -0.05) is 48.5 Å². The van der Waals surface area contributed by atoms with E-state index in [1.54, 1.807) is 11.0 Å². The Morgan fingerprint density at radius 1 is 0.977 bits per heavy atom. The molecule has 44 heavy (non-hydrogen) atoms. The van der Waals surface area contributed by atoms with E-state index < -0.39 is 5.54 Å². The van der Waals surface area contributed by atoms with Crippen molar-refractivity contribution in [2.45, 2.75) is 95.5 Å². The van der Waals surface area contributed by atoms with Gasteiger partial charge in [-0.25, -0.2) is 9.18 Å². The van der Waals surface area contributed by atoms with Crippen molar-refractivity contribution < 1.29 is 13.9 Å². The summed E-state index contributed by atoms with van der Waals surface area (Å²) in [5.41, 5.74) is 2.86. The lowest BCUT2D eigenvalue weighted by Crippen LogP contribution is -2.63. The van der Waals surface area contributed by atoms with Crippen molar-refractivity contribution in [2.24, 2.45) is 10.4 Å². The Bertz CT molecular complexity index is 1550. The molecule has 6 nitrogen and oxygen atoms in total. The highest BCUT2D eigenvalue weighted by Crippen LogP contribution is 2.62. The molecule has 3 aromatic rings. The minimum Gasteiger partial charge on any atom is -0.491 e. The normalized spacial score (nSPS) is 27.8. The number of amides is 2. The maximum Gasteiger partial charge on any atom is 0.350 e. The summed E-state index contributed by atoms with van der Waals surface area (Å²) in [7, 11) is 0. The highest BCUT2D eigenvalue weighted by Gasteiger charge is 2.57. The molecule has 2 amide bonds. The molecule has 1 N–H and O–H groups in total. The van der Waals surface area contributed by atoms with E-state index in [4.69, 9.17) is 9.73 Å². The second-order valence-electron chi connectivity index (χ2n) is 13.9. The van der Waals surface area contributed by atoms with Crippen molar-refractivity contribution in [1.82, 2.24) is 10.2 Å². The smallest absolute Gasteiger partial charge is 0.350 e. The van der Waals surface area contributed by atoms with Gasteiger partial charge in [-0.05, 0) is 106 Å². The Labute approximate surface area is 260 Å². The Balaban J connectivity index is 1.18. The topological polar surface area (TPSA) is 57.2 Å². The molecule has 7 heteroatoms. The molecule has 1 saturated heterocycles. The lowest BCUT2D eigenvalue weighted by Gasteiger charge is -2.48. The average molecular weight is 595 g/mol. The number of hydrogen-bond acceptors (Lipinski definition) is 4. The summed E-state index contributed by atoms with van der Waals surface area (Å²) in [6, 6.07) is 25.6. The fourth-order valence-corrected chi connectivity index (χ4v) is 8.09. The molecule has 3 aromatic carbocycles. The lowest BCUT2D eigenvalue weighted by molar-refractivity contribution is 0.122. The fourth-order valence-electron chi connectivity index (χ4n) is 8.09. The molecule has 7 rings (SSSR count). The number of nitrogens with one attached hydrogen (secondary N) is 1. The van der Waals surface area contributed by atoms with Crippen molar-refractivity contribution >= 4 is 17.6 Å². The van der Waals surface area contributed by atoms with Crippen molar-refractivity contribution in [2.75, 3.05) is 11.4 Å². The van der Waals surface area contributed by atoms with Gasteiger partial charge in [0.25, 0.3) is 0 Å². The number of nitrogens with zero attached hydrogens (tertiary/aromatic N) is 3. The van der Waals surface area contributed by atoms with Crippen LogP contribution in [0.2, 0.25) is 0 Å². The summed E-state index contributed by atoms with van der Waals surface area (Å²) in [6.07, 6.45) is 6.34. The van der Waals surface area contributed by atoms with Gasteiger partial charge in [0, 0.05) is 36.8 Å². The number of halogens is 1. The molecule has 2 heterocycles. The molecule has 0 bridgehead atoms. The molecule has 0 radical (unpaired) electrons. The minimum atomic E-state index is -0.663. The van der Waals surface area contributed by atoms with Crippen molar-refractivity contribution in [1.29, 1.82) is 0 Å². The lowest BCUT2D eigenvalue weighted by atomic mass is 9.80. The molecule has 230 valence electrons. The zero-order valence-electron chi connectivity index (χ0n) is 26.0. The van der Waals surface area contributed by atoms with Crippen LogP contribution in [-0.4, -0.2) is 47.0 Å². The zero-order chi connectivity index (χ0) is 30.5. The summed E-state index contributed by atoms with van der Waals surface area (Å²) in [6.45, 7) is 7.89. The Hall–Kier alpha value is -3.71. The Kier molecular flexibility index (Phi) is 7.48. The van der Waals surface area contributed by atoms with E-state index in [1.807, 2.05) is 26.0 Å². The van der Waals surface area contributed by atoms with Crippen LogP contribution >= 0.6 is 0 Å². The second-order valence-corrected chi connectivity index (χ2v) is 13.9. The predicted molar refractivity (Wildman–Crippen MR) is 173 cm³/mol. The summed E-state index contributed by atoms with van der Waals surface area (Å²) in [5, 5.41) is 3.90. The summed E-state index contributed by atoms with van der Waals surface area (Å²) >= 11 is 0. The van der Waals surface area contributed by atoms with E-state index >= 15 is 0 Å². The number of carbonyl (C=O) groups excluding carboxylic acids is 1. The first kappa shape index (κ1) is 29.0. The first-order valence-electron chi connectivity index (χ1n) is 16.2. The van der Waals surface area contributed by atoms with Gasteiger partial charge < -0.3 is 10.1 Å². The van der Waals surface area contributed by atoms with Crippen LogP contribution in [0.3, 0.4) is 0 Å². The van der Waals surface area contributed by atoms with Crippen molar-refractivity contribution in [3.63, 3.8) is 0 Å². The molecule has 2 aliphatic carbocycles. The summed E-state index contributed by atoms with van der Waals surface area (Å²) < 4.78 is 20.5. The zero-order valence-corrected chi connectivity index (χ0v) is 26.0. The van der Waals surface area contributed by atoms with Crippen LogP contribution in [0.4, 0.5) is 14.9 Å². The molecule has 4 atom stereocenters. The number of hydrogen-bond donors (Lipinski definition) is 1. The number of likely N-dealkylation sites (tertiary alicyclic amines) is 1. The van der Waals surface area contributed by atoms with Crippen LogP contribution < -0.4 is 15.0 Å². The van der Waals surface area contributed by atoms with Crippen molar-refractivity contribution in [3.8, 4) is 5.75 Å². The van der Waals surface area contributed by atoms with Crippen LogP contribution in [0.15, 0.2) is 83.9 Å². The number of ether oxygens (including phenoxy) is 1. The van der Waals surface area contributed by atoms with E-state index in [2.05, 4.69) is 65.7 Å². The van der Waals surface area contributed by atoms with E-state index in [0.717, 1.165) is 31.1 Å². The van der Waals surface area contributed by atoms with E-state index in [0.29, 0.717) is 29.9 Å². The molecule has 3 fully saturated rings. The first-order valence-corrected chi connectivity index (χ1v) is 16.2. The van der Waals surface area contributed by atoms with Crippen LogP contribution in [0, 0.1) is 11.2 Å². The summed E-state index contributed by atoms with van der Waals surface area (Å²) in [5.74, 6) is 1.66. The third-order valence-electron chi connectivity index (χ3n) is 10.4. The number of aliphatic imine (C=N–C) groups is 1. The highest BCUT2D eigenvalue weighted by molar-refractivity contribution is 6.16. The molecular formula is C37H43FN4O2. The summed E-state index contributed by atoms with van der Waals surface area (Å²) in [4.78, 5) is 22.8. The number of piperidine rings is 1. The van der Waals surface area contributed by atoms with Gasteiger partial charge in [-0.3, -0.25) is 9.80 Å². The molecule has 2 spiro atoms. The van der Waals surface area contributed by atoms with E-state index in [1.165, 1.54) is 42.5 Å². The highest BCUT2D eigenvalue weighted by atomic mass is 19.1. The van der Waals surface area contributed by atoms with Gasteiger partial charge in [0.05, 0.1) is 6.10 Å². The van der Waals surface area contributed by atoms with Crippen molar-refractivity contribution in [3.05, 3.63) is 95.8 Å². The van der Waals surface area contributed by atoms with Crippen LogP contribution in [0.25, 0.3) is 0 Å². The number of rotatable bonds is 7. The van der Waals surface area contributed by atoms with E-state index in [9.17, 15) is 9.18 Å². The Morgan fingerprint density at radius 2 is 1.77 bits per heavy atom.